The van der Waals surface area contributed by atoms with Crippen molar-refractivity contribution in [3.63, 3.8) is 0 Å². The molecule has 2 aromatic carbocycles. The van der Waals surface area contributed by atoms with Gasteiger partial charge in [0, 0.05) is 19.2 Å². The van der Waals surface area contributed by atoms with E-state index in [9.17, 15) is 9.18 Å². The van der Waals surface area contributed by atoms with Crippen molar-refractivity contribution in [2.24, 2.45) is 16.9 Å². The Morgan fingerprint density at radius 2 is 2.06 bits per heavy atom. The number of amides is 2. The third-order valence-corrected chi connectivity index (χ3v) is 5.91. The van der Waals surface area contributed by atoms with Crippen LogP contribution in [-0.4, -0.2) is 54.9 Å². The molecule has 0 radical (unpaired) electrons. The Kier molecular flexibility index (Phi) is 6.74. The van der Waals surface area contributed by atoms with Crippen LogP contribution < -0.4 is 10.1 Å². The summed E-state index contributed by atoms with van der Waals surface area (Å²) >= 11 is 0. The number of rotatable bonds is 7. The minimum atomic E-state index is -0.345. The van der Waals surface area contributed by atoms with Gasteiger partial charge in [0.1, 0.15) is 11.6 Å². The third kappa shape index (κ3) is 4.63. The smallest absolute Gasteiger partial charge is 0.340 e. The van der Waals surface area contributed by atoms with Crippen LogP contribution >= 0.6 is 0 Å². The molecule has 32 heavy (non-hydrogen) atoms. The fourth-order valence-electron chi connectivity index (χ4n) is 4.29. The lowest BCUT2D eigenvalue weighted by Crippen LogP contribution is -2.41. The highest BCUT2D eigenvalue weighted by atomic mass is 19.1. The molecule has 0 bridgehead atoms. The first kappa shape index (κ1) is 22.3. The Morgan fingerprint density at radius 1 is 1.28 bits per heavy atom. The molecule has 0 aliphatic carbocycles. The van der Waals surface area contributed by atoms with E-state index in [2.05, 4.69) is 19.2 Å². The van der Waals surface area contributed by atoms with E-state index in [1.807, 2.05) is 30.3 Å². The van der Waals surface area contributed by atoms with E-state index < -0.39 is 0 Å². The molecule has 2 amide bonds. The number of nitrogens with one attached hydrogen (secondary N) is 1. The summed E-state index contributed by atoms with van der Waals surface area (Å²) in [6, 6.07) is 13.9. The van der Waals surface area contributed by atoms with Crippen molar-refractivity contribution >= 4 is 11.7 Å². The lowest BCUT2D eigenvalue weighted by Gasteiger charge is -2.31. The van der Waals surface area contributed by atoms with Gasteiger partial charge in [-0.2, -0.15) is 5.10 Å². The topological polar surface area (TPSA) is 57.2 Å². The van der Waals surface area contributed by atoms with Gasteiger partial charge in [-0.3, -0.25) is 0 Å². The van der Waals surface area contributed by atoms with Gasteiger partial charge >= 0.3 is 6.03 Å². The molecule has 7 heteroatoms. The Labute approximate surface area is 189 Å². The van der Waals surface area contributed by atoms with Gasteiger partial charge in [0.2, 0.25) is 0 Å². The Morgan fingerprint density at radius 3 is 2.81 bits per heavy atom. The van der Waals surface area contributed by atoms with Crippen LogP contribution in [0.4, 0.5) is 9.18 Å². The van der Waals surface area contributed by atoms with Gasteiger partial charge in [-0.1, -0.05) is 44.2 Å². The standard InChI is InChI=1S/C25H31FN4O2/c1-17(2)15-27-12-7-13-29(3)25(31)30-24(18-8-5-4-6-9-18)21-16-32-22-11-10-19(26)14-20(22)23(21)28-30/h4-6,8-11,14,17,21,24,27H,7,12-13,15-16H2,1-3H3. The second-order valence-corrected chi connectivity index (χ2v) is 8.90. The Bertz CT molecular complexity index is 979. The fourth-order valence-corrected chi connectivity index (χ4v) is 4.29. The minimum Gasteiger partial charge on any atom is -0.492 e. The second kappa shape index (κ2) is 9.69. The maximum absolute atomic E-state index is 14.0. The summed E-state index contributed by atoms with van der Waals surface area (Å²) in [5, 5.41) is 9.70. The molecule has 2 aliphatic heterocycles. The SMILES string of the molecule is CC(C)CNCCCN(C)C(=O)N1N=C2c3cc(F)ccc3OCC2C1c1ccccc1. The van der Waals surface area contributed by atoms with Gasteiger partial charge in [-0.25, -0.2) is 14.2 Å². The summed E-state index contributed by atoms with van der Waals surface area (Å²) in [5.41, 5.74) is 2.32. The molecule has 170 valence electrons. The van der Waals surface area contributed by atoms with Crippen molar-refractivity contribution in [2.75, 3.05) is 33.3 Å². The quantitative estimate of drug-likeness (QED) is 0.657. The van der Waals surface area contributed by atoms with E-state index in [1.165, 1.54) is 12.1 Å². The van der Waals surface area contributed by atoms with Crippen LogP contribution in [0.1, 0.15) is 37.4 Å². The van der Waals surface area contributed by atoms with E-state index in [0.29, 0.717) is 36.1 Å². The van der Waals surface area contributed by atoms with E-state index >= 15 is 0 Å². The molecular weight excluding hydrogens is 407 g/mol. The number of ether oxygens (including phenoxy) is 1. The number of hydrogen-bond donors (Lipinski definition) is 1. The van der Waals surface area contributed by atoms with Crippen LogP contribution in [0.15, 0.2) is 53.6 Å². The second-order valence-electron chi connectivity index (χ2n) is 8.90. The van der Waals surface area contributed by atoms with Crippen LogP contribution in [0.2, 0.25) is 0 Å². The molecule has 1 N–H and O–H groups in total. The lowest BCUT2D eigenvalue weighted by atomic mass is 9.86. The predicted molar refractivity (Wildman–Crippen MR) is 123 cm³/mol. The zero-order valence-electron chi connectivity index (χ0n) is 18.9. The van der Waals surface area contributed by atoms with Crippen LogP contribution in [0, 0.1) is 17.7 Å². The van der Waals surface area contributed by atoms with Gasteiger partial charge in [0.25, 0.3) is 0 Å². The molecule has 0 fully saturated rings. The molecule has 2 aliphatic rings. The third-order valence-electron chi connectivity index (χ3n) is 5.91. The summed E-state index contributed by atoms with van der Waals surface area (Å²) in [4.78, 5) is 15.1. The summed E-state index contributed by atoms with van der Waals surface area (Å²) in [5.74, 6) is 0.700. The largest absolute Gasteiger partial charge is 0.492 e. The molecular formula is C25H31FN4O2. The van der Waals surface area contributed by atoms with Gasteiger partial charge in [-0.05, 0) is 49.2 Å². The summed E-state index contributed by atoms with van der Waals surface area (Å²) in [6.45, 7) is 7.18. The number of carbonyl (C=O) groups is 1. The van der Waals surface area contributed by atoms with E-state index in [-0.39, 0.29) is 23.8 Å². The fraction of sp³-hybridized carbons (Fsp3) is 0.440. The van der Waals surface area contributed by atoms with Crippen molar-refractivity contribution in [2.45, 2.75) is 26.3 Å². The number of benzene rings is 2. The van der Waals surface area contributed by atoms with Crippen LogP contribution in [0.5, 0.6) is 5.75 Å². The maximum Gasteiger partial charge on any atom is 0.340 e. The monoisotopic (exact) mass is 438 g/mol. The van der Waals surface area contributed by atoms with Crippen molar-refractivity contribution in [3.05, 3.63) is 65.5 Å². The average molecular weight is 439 g/mol. The van der Waals surface area contributed by atoms with E-state index in [1.54, 1.807) is 23.0 Å². The molecule has 2 atom stereocenters. The number of hydrogen-bond acceptors (Lipinski definition) is 4. The molecule has 4 rings (SSSR count). The molecule has 2 unspecified atom stereocenters. The summed E-state index contributed by atoms with van der Waals surface area (Å²) in [7, 11) is 1.80. The van der Waals surface area contributed by atoms with Crippen LogP contribution in [0.25, 0.3) is 0 Å². The van der Waals surface area contributed by atoms with Gasteiger partial charge in [0.15, 0.2) is 0 Å². The number of nitrogens with zero attached hydrogens (tertiary/aromatic N) is 3. The molecule has 0 saturated heterocycles. The molecule has 2 aromatic rings. The number of carbonyl (C=O) groups excluding carboxylic acids is 1. The number of halogens is 1. The van der Waals surface area contributed by atoms with Crippen LogP contribution in [-0.2, 0) is 0 Å². The molecule has 0 aromatic heterocycles. The zero-order valence-corrected chi connectivity index (χ0v) is 18.9. The summed E-state index contributed by atoms with van der Waals surface area (Å²) in [6.07, 6.45) is 0.857. The zero-order chi connectivity index (χ0) is 22.7. The minimum absolute atomic E-state index is 0.156. The lowest BCUT2D eigenvalue weighted by molar-refractivity contribution is 0.133. The number of hydrazone groups is 1. The highest BCUT2D eigenvalue weighted by Crippen LogP contribution is 2.42. The average Bonchev–Trinajstić information content (AvgIpc) is 3.18. The first-order chi connectivity index (χ1) is 15.5. The van der Waals surface area contributed by atoms with Crippen molar-refractivity contribution in [3.8, 4) is 5.75 Å². The highest BCUT2D eigenvalue weighted by Gasteiger charge is 2.45. The normalized spacial score (nSPS) is 19.3. The molecule has 0 saturated carbocycles. The number of fused-ring (bicyclic) bond motifs is 3. The Hall–Kier alpha value is -2.93. The molecule has 6 nitrogen and oxygen atoms in total. The summed E-state index contributed by atoms with van der Waals surface area (Å²) < 4.78 is 19.9. The van der Waals surface area contributed by atoms with Gasteiger partial charge in [-0.15, -0.1) is 0 Å². The molecule has 2 heterocycles. The predicted octanol–water partition coefficient (Wildman–Crippen LogP) is 4.28. The van der Waals surface area contributed by atoms with Crippen molar-refractivity contribution < 1.29 is 13.9 Å². The van der Waals surface area contributed by atoms with E-state index in [4.69, 9.17) is 9.84 Å². The van der Waals surface area contributed by atoms with Gasteiger partial charge in [0.05, 0.1) is 24.3 Å². The van der Waals surface area contributed by atoms with Crippen molar-refractivity contribution in [1.82, 2.24) is 15.2 Å². The maximum atomic E-state index is 14.0. The van der Waals surface area contributed by atoms with Crippen LogP contribution in [0.3, 0.4) is 0 Å². The molecule has 0 spiro atoms. The Balaban J connectivity index is 1.56. The van der Waals surface area contributed by atoms with Gasteiger partial charge < -0.3 is 15.0 Å². The highest BCUT2D eigenvalue weighted by molar-refractivity contribution is 6.07. The van der Waals surface area contributed by atoms with Crippen molar-refractivity contribution in [1.29, 1.82) is 0 Å². The first-order valence-corrected chi connectivity index (χ1v) is 11.3. The van der Waals surface area contributed by atoms with E-state index in [0.717, 1.165) is 25.1 Å². The first-order valence-electron chi connectivity index (χ1n) is 11.3. The number of urea groups is 1.